The Morgan fingerprint density at radius 1 is 1.14 bits per heavy atom. The van der Waals surface area contributed by atoms with Crippen LogP contribution in [0.15, 0.2) is 76.3 Å². The summed E-state index contributed by atoms with van der Waals surface area (Å²) in [6, 6.07) is 17.0. The van der Waals surface area contributed by atoms with Crippen molar-refractivity contribution in [2.75, 3.05) is 32.2 Å². The lowest BCUT2D eigenvalue weighted by atomic mass is 10.0. The van der Waals surface area contributed by atoms with E-state index in [0.717, 1.165) is 16.5 Å². The van der Waals surface area contributed by atoms with Crippen LogP contribution in [0.1, 0.15) is 35.1 Å². The highest BCUT2D eigenvalue weighted by Gasteiger charge is 2.21. The molecule has 1 heterocycles. The lowest BCUT2D eigenvalue weighted by Crippen LogP contribution is -2.29. The van der Waals surface area contributed by atoms with Crippen LogP contribution in [0.2, 0.25) is 0 Å². The third-order valence-electron chi connectivity index (χ3n) is 5.94. The van der Waals surface area contributed by atoms with Gasteiger partial charge >= 0.3 is 0 Å². The van der Waals surface area contributed by atoms with Crippen molar-refractivity contribution in [3.05, 3.63) is 84.1 Å². The molecule has 9 heteroatoms. The van der Waals surface area contributed by atoms with Gasteiger partial charge in [-0.25, -0.2) is 13.8 Å². The van der Waals surface area contributed by atoms with E-state index in [4.69, 9.17) is 10.2 Å². The van der Waals surface area contributed by atoms with E-state index in [9.17, 15) is 13.6 Å². The maximum Gasteiger partial charge on any atom is 0.251 e. The number of amidine groups is 1. The molecule has 0 fully saturated rings. The highest BCUT2D eigenvalue weighted by molar-refractivity contribution is 5.99. The smallest absolute Gasteiger partial charge is 0.251 e. The van der Waals surface area contributed by atoms with Crippen molar-refractivity contribution in [3.8, 4) is 11.3 Å². The Balaban J connectivity index is 1.55. The van der Waals surface area contributed by atoms with Crippen LogP contribution in [0.4, 0.5) is 14.5 Å². The van der Waals surface area contributed by atoms with E-state index < -0.39 is 18.5 Å². The highest BCUT2D eigenvalue weighted by Crippen LogP contribution is 2.27. The first-order chi connectivity index (χ1) is 17.8. The van der Waals surface area contributed by atoms with E-state index in [1.807, 2.05) is 43.3 Å². The number of halogens is 2. The van der Waals surface area contributed by atoms with Crippen molar-refractivity contribution in [2.24, 2.45) is 10.7 Å². The summed E-state index contributed by atoms with van der Waals surface area (Å²) in [5.41, 5.74) is 7.55. The number of nitrogens with zero attached hydrogens (tertiary/aromatic N) is 3. The fourth-order valence-electron chi connectivity index (χ4n) is 3.94. The number of carbonyl (C=O) groups is 1. The minimum atomic E-state index is -0.811. The number of nitrogens with two attached hydrogens (primary N) is 1. The predicted molar refractivity (Wildman–Crippen MR) is 142 cm³/mol. The zero-order chi connectivity index (χ0) is 26.4. The fraction of sp³-hybridized carbons (Fsp3) is 0.250. The van der Waals surface area contributed by atoms with Gasteiger partial charge in [0.25, 0.3) is 5.91 Å². The van der Waals surface area contributed by atoms with Gasteiger partial charge in [-0.1, -0.05) is 24.3 Å². The summed E-state index contributed by atoms with van der Waals surface area (Å²) in [7, 11) is 3.95. The van der Waals surface area contributed by atoms with Crippen molar-refractivity contribution >= 4 is 28.2 Å². The molecule has 0 radical (unpaired) electrons. The minimum absolute atomic E-state index is 0.0707. The van der Waals surface area contributed by atoms with Crippen LogP contribution in [0.5, 0.6) is 0 Å². The lowest BCUT2D eigenvalue weighted by Gasteiger charge is -2.16. The molecule has 0 spiro atoms. The molecule has 1 aromatic heterocycles. The van der Waals surface area contributed by atoms with Crippen LogP contribution >= 0.6 is 0 Å². The molecule has 7 nitrogen and oxygen atoms in total. The van der Waals surface area contributed by atoms with Crippen molar-refractivity contribution in [2.45, 2.75) is 18.9 Å². The molecule has 1 atom stereocenters. The van der Waals surface area contributed by atoms with Gasteiger partial charge < -0.3 is 20.4 Å². The van der Waals surface area contributed by atoms with Crippen molar-refractivity contribution in [1.29, 1.82) is 0 Å². The van der Waals surface area contributed by atoms with Gasteiger partial charge in [0.2, 0.25) is 5.89 Å². The SMILES string of the molecule is CN(C)c1ccc2cc(C(=O)N[C@@H](CCCN=C(N)CF)c3ncc(-c4cccc(F)c4)o3)ccc2c1. The van der Waals surface area contributed by atoms with E-state index in [1.165, 1.54) is 18.3 Å². The van der Waals surface area contributed by atoms with Gasteiger partial charge in [0.15, 0.2) is 5.76 Å². The molecule has 0 bridgehead atoms. The van der Waals surface area contributed by atoms with Gasteiger partial charge in [-0.3, -0.25) is 9.79 Å². The second kappa shape index (κ2) is 11.6. The number of fused-ring (bicyclic) bond motifs is 1. The molecule has 0 aliphatic heterocycles. The first-order valence-electron chi connectivity index (χ1n) is 11.9. The third-order valence-corrected chi connectivity index (χ3v) is 5.94. The molecule has 3 aromatic carbocycles. The second-order valence-corrected chi connectivity index (χ2v) is 8.89. The Morgan fingerprint density at radius 2 is 1.92 bits per heavy atom. The molecule has 0 unspecified atom stereocenters. The summed E-state index contributed by atoms with van der Waals surface area (Å²) >= 11 is 0. The van der Waals surface area contributed by atoms with Gasteiger partial charge in [-0.15, -0.1) is 0 Å². The number of nitrogens with one attached hydrogen (secondary N) is 1. The fourth-order valence-corrected chi connectivity index (χ4v) is 3.94. The van der Waals surface area contributed by atoms with Crippen LogP contribution in [0.3, 0.4) is 0 Å². The number of amides is 1. The van der Waals surface area contributed by atoms with E-state index in [0.29, 0.717) is 36.3 Å². The summed E-state index contributed by atoms with van der Waals surface area (Å²) in [5, 5.41) is 4.95. The number of oxazole rings is 1. The molecule has 4 aromatic rings. The Kier molecular flexibility index (Phi) is 8.12. The van der Waals surface area contributed by atoms with Crippen LogP contribution in [0, 0.1) is 5.82 Å². The average molecular weight is 506 g/mol. The zero-order valence-corrected chi connectivity index (χ0v) is 20.7. The number of benzene rings is 3. The molecule has 1 amide bonds. The third kappa shape index (κ3) is 6.49. The number of alkyl halides is 1. The lowest BCUT2D eigenvalue weighted by molar-refractivity contribution is 0.0927. The Bertz CT molecular complexity index is 1420. The summed E-state index contributed by atoms with van der Waals surface area (Å²) in [6.07, 6.45) is 2.44. The minimum Gasteiger partial charge on any atom is -0.438 e. The molecule has 3 N–H and O–H groups in total. The maximum absolute atomic E-state index is 13.7. The second-order valence-electron chi connectivity index (χ2n) is 8.89. The predicted octanol–water partition coefficient (Wildman–Crippen LogP) is 5.28. The van der Waals surface area contributed by atoms with Crippen molar-refractivity contribution in [3.63, 3.8) is 0 Å². The summed E-state index contributed by atoms with van der Waals surface area (Å²) in [5.74, 6) is -0.0838. The van der Waals surface area contributed by atoms with Crippen molar-refractivity contribution in [1.82, 2.24) is 10.3 Å². The van der Waals surface area contributed by atoms with Gasteiger partial charge in [-0.2, -0.15) is 0 Å². The molecular formula is C28H29F2N5O2. The molecule has 0 aliphatic carbocycles. The largest absolute Gasteiger partial charge is 0.438 e. The Hall–Kier alpha value is -4.27. The number of hydrogen-bond donors (Lipinski definition) is 2. The van der Waals surface area contributed by atoms with E-state index in [1.54, 1.807) is 18.2 Å². The van der Waals surface area contributed by atoms with Crippen LogP contribution in [0.25, 0.3) is 22.1 Å². The molecule has 0 saturated carbocycles. The van der Waals surface area contributed by atoms with Gasteiger partial charge in [-0.05, 0) is 60.0 Å². The van der Waals surface area contributed by atoms with Gasteiger partial charge in [0.05, 0.1) is 6.20 Å². The summed E-state index contributed by atoms with van der Waals surface area (Å²) in [6.45, 7) is -0.515. The highest BCUT2D eigenvalue weighted by atomic mass is 19.1. The van der Waals surface area contributed by atoms with Gasteiger partial charge in [0, 0.05) is 37.5 Å². The van der Waals surface area contributed by atoms with Crippen molar-refractivity contribution < 1.29 is 18.0 Å². The number of rotatable bonds is 10. The Morgan fingerprint density at radius 3 is 2.68 bits per heavy atom. The van der Waals surface area contributed by atoms with Crippen LogP contribution < -0.4 is 16.0 Å². The van der Waals surface area contributed by atoms with Crippen LogP contribution in [-0.4, -0.2) is 44.0 Å². The van der Waals surface area contributed by atoms with E-state index in [-0.39, 0.29) is 17.6 Å². The first kappa shape index (κ1) is 25.8. The number of carbonyl (C=O) groups excluding carboxylic acids is 1. The normalized spacial score (nSPS) is 12.5. The standard InChI is InChI=1S/C28H29F2N5O2/c1-35(2)23-11-10-18-13-21(9-8-19(18)15-23)27(36)34-24(7-4-12-32-26(31)16-29)28-33-17-25(37-28)20-5-3-6-22(30)14-20/h3,5-6,8-11,13-15,17,24H,4,7,12,16H2,1-2H3,(H2,31,32)(H,34,36)/t24-/m0/s1. The van der Waals surface area contributed by atoms with E-state index >= 15 is 0 Å². The zero-order valence-electron chi connectivity index (χ0n) is 20.7. The number of aliphatic imine (C=N–C) groups is 1. The van der Waals surface area contributed by atoms with E-state index in [2.05, 4.69) is 21.4 Å². The summed E-state index contributed by atoms with van der Waals surface area (Å²) in [4.78, 5) is 23.6. The number of hydrogen-bond acceptors (Lipinski definition) is 5. The molecule has 37 heavy (non-hydrogen) atoms. The summed E-state index contributed by atoms with van der Waals surface area (Å²) < 4.78 is 32.2. The molecule has 192 valence electrons. The van der Waals surface area contributed by atoms with Gasteiger partial charge in [0.1, 0.15) is 24.4 Å². The van der Waals surface area contributed by atoms with Crippen LogP contribution in [-0.2, 0) is 0 Å². The topological polar surface area (TPSA) is 96.8 Å². The quantitative estimate of drug-likeness (QED) is 0.174. The monoisotopic (exact) mass is 505 g/mol. The Labute approximate surface area is 214 Å². The average Bonchev–Trinajstić information content (AvgIpc) is 3.39. The molecule has 4 rings (SSSR count). The molecule has 0 saturated heterocycles. The molecular weight excluding hydrogens is 476 g/mol. The molecule has 0 aliphatic rings. The maximum atomic E-state index is 13.7. The number of anilines is 1. The first-order valence-corrected chi connectivity index (χ1v) is 11.9. The number of aromatic nitrogens is 1.